The van der Waals surface area contributed by atoms with Crippen molar-refractivity contribution in [1.29, 1.82) is 0 Å². The fraction of sp³-hybridized carbons (Fsp3) is 0.462. The molecular weight excluding hydrogens is 230 g/mol. The van der Waals surface area contributed by atoms with Gasteiger partial charge in [-0.25, -0.2) is 4.79 Å². The summed E-state index contributed by atoms with van der Waals surface area (Å²) in [4.78, 5) is 12.8. The molecule has 4 N–H and O–H groups in total. The molecule has 5 nitrogen and oxygen atoms in total. The summed E-state index contributed by atoms with van der Waals surface area (Å²) in [6.45, 7) is 3.61. The summed E-state index contributed by atoms with van der Waals surface area (Å²) in [5, 5.41) is 11.3. The summed E-state index contributed by atoms with van der Waals surface area (Å²) in [5.41, 5.74) is 8.91. The zero-order valence-corrected chi connectivity index (χ0v) is 10.5. The van der Waals surface area contributed by atoms with Gasteiger partial charge in [-0.2, -0.15) is 0 Å². The van der Waals surface area contributed by atoms with Crippen molar-refractivity contribution in [2.24, 2.45) is 0 Å². The van der Waals surface area contributed by atoms with E-state index in [1.54, 1.807) is 0 Å². The zero-order valence-electron chi connectivity index (χ0n) is 10.5. The normalized spacial score (nSPS) is 19.6. The minimum absolute atomic E-state index is 0.0167. The molecule has 1 saturated heterocycles. The van der Waals surface area contributed by atoms with Crippen LogP contribution in [0, 0.1) is 6.92 Å². The number of nitrogens with one attached hydrogen (secondary N) is 1. The molecule has 5 heteroatoms. The van der Waals surface area contributed by atoms with E-state index in [9.17, 15) is 4.79 Å². The van der Waals surface area contributed by atoms with E-state index in [-0.39, 0.29) is 6.04 Å². The molecule has 0 bridgehead atoms. The van der Waals surface area contributed by atoms with Gasteiger partial charge in [-0.1, -0.05) is 6.07 Å². The Kier molecular flexibility index (Phi) is 3.60. The molecule has 1 fully saturated rings. The molecule has 1 heterocycles. The topological polar surface area (TPSA) is 78.6 Å². The molecule has 1 amide bonds. The Bertz CT molecular complexity index is 448. The van der Waals surface area contributed by atoms with E-state index >= 15 is 0 Å². The molecule has 2 rings (SSSR count). The van der Waals surface area contributed by atoms with Gasteiger partial charge in [0.2, 0.25) is 0 Å². The maximum Gasteiger partial charge on any atom is 0.404 e. The van der Waals surface area contributed by atoms with Crippen molar-refractivity contribution in [2.45, 2.75) is 25.8 Å². The minimum atomic E-state index is -0.960. The maximum absolute atomic E-state index is 10.7. The average Bonchev–Trinajstić information content (AvgIpc) is 2.28. The van der Waals surface area contributed by atoms with Crippen molar-refractivity contribution >= 4 is 17.5 Å². The van der Waals surface area contributed by atoms with Gasteiger partial charge in [-0.15, -0.1) is 0 Å². The Morgan fingerprint density at radius 1 is 1.56 bits per heavy atom. The largest absolute Gasteiger partial charge is 0.465 e. The Morgan fingerprint density at radius 3 is 3.00 bits per heavy atom. The van der Waals surface area contributed by atoms with Gasteiger partial charge in [0.15, 0.2) is 0 Å². The molecule has 1 unspecified atom stereocenters. The predicted octanol–water partition coefficient (Wildman–Crippen LogP) is 1.81. The molecule has 1 aliphatic rings. The lowest BCUT2D eigenvalue weighted by Crippen LogP contribution is -2.47. The first-order valence-corrected chi connectivity index (χ1v) is 6.17. The molecule has 1 atom stereocenters. The first-order chi connectivity index (χ1) is 8.56. The van der Waals surface area contributed by atoms with Crippen LogP contribution < -0.4 is 16.0 Å². The monoisotopic (exact) mass is 249 g/mol. The number of hydrogen-bond donors (Lipinski definition) is 3. The van der Waals surface area contributed by atoms with Crippen LogP contribution >= 0.6 is 0 Å². The van der Waals surface area contributed by atoms with Crippen LogP contribution in [-0.4, -0.2) is 30.3 Å². The summed E-state index contributed by atoms with van der Waals surface area (Å²) in [5.74, 6) is 0. The van der Waals surface area contributed by atoms with E-state index in [1.807, 2.05) is 25.1 Å². The molecule has 1 aromatic rings. The zero-order chi connectivity index (χ0) is 13.1. The smallest absolute Gasteiger partial charge is 0.404 e. The standard InChI is InChI=1S/C13H19N3O2/c1-9-4-5-12(11(14)7-9)16-6-2-3-10(8-16)15-13(17)18/h4-5,7,10,15H,2-3,6,8,14H2,1H3,(H,17,18). The van der Waals surface area contributed by atoms with Crippen molar-refractivity contribution in [3.05, 3.63) is 23.8 Å². The van der Waals surface area contributed by atoms with Crippen molar-refractivity contribution < 1.29 is 9.90 Å². The van der Waals surface area contributed by atoms with Gasteiger partial charge < -0.3 is 21.1 Å². The quantitative estimate of drug-likeness (QED) is 0.698. The Labute approximate surface area is 107 Å². The van der Waals surface area contributed by atoms with E-state index < -0.39 is 6.09 Å². The highest BCUT2D eigenvalue weighted by Crippen LogP contribution is 2.27. The summed E-state index contributed by atoms with van der Waals surface area (Å²) >= 11 is 0. The van der Waals surface area contributed by atoms with Gasteiger partial charge in [0, 0.05) is 19.1 Å². The highest BCUT2D eigenvalue weighted by atomic mass is 16.4. The molecular formula is C13H19N3O2. The number of anilines is 2. The second-order valence-corrected chi connectivity index (χ2v) is 4.80. The summed E-state index contributed by atoms with van der Waals surface area (Å²) in [7, 11) is 0. The number of amides is 1. The van der Waals surface area contributed by atoms with Crippen molar-refractivity contribution in [1.82, 2.24) is 5.32 Å². The van der Waals surface area contributed by atoms with E-state index in [2.05, 4.69) is 10.2 Å². The third-order valence-electron chi connectivity index (χ3n) is 3.27. The van der Waals surface area contributed by atoms with Gasteiger partial charge in [-0.3, -0.25) is 0 Å². The van der Waals surface area contributed by atoms with E-state index in [1.165, 1.54) is 0 Å². The first-order valence-electron chi connectivity index (χ1n) is 6.17. The summed E-state index contributed by atoms with van der Waals surface area (Å²) < 4.78 is 0. The summed E-state index contributed by atoms with van der Waals surface area (Å²) in [6.07, 6.45) is 0.894. The van der Waals surface area contributed by atoms with Crippen LogP contribution in [0.5, 0.6) is 0 Å². The van der Waals surface area contributed by atoms with Crippen LogP contribution in [0.3, 0.4) is 0 Å². The third-order valence-corrected chi connectivity index (χ3v) is 3.27. The van der Waals surface area contributed by atoms with Crippen LogP contribution in [-0.2, 0) is 0 Å². The molecule has 18 heavy (non-hydrogen) atoms. The Morgan fingerprint density at radius 2 is 2.33 bits per heavy atom. The molecule has 0 spiro atoms. The van der Waals surface area contributed by atoms with Crippen molar-refractivity contribution in [3.8, 4) is 0 Å². The molecule has 0 saturated carbocycles. The molecule has 0 aromatic heterocycles. The van der Waals surface area contributed by atoms with Crippen LogP contribution in [0.1, 0.15) is 18.4 Å². The van der Waals surface area contributed by atoms with Crippen LogP contribution in [0.25, 0.3) is 0 Å². The predicted molar refractivity (Wildman–Crippen MR) is 72.0 cm³/mol. The lowest BCUT2D eigenvalue weighted by atomic mass is 10.0. The number of hydrogen-bond acceptors (Lipinski definition) is 3. The number of rotatable bonds is 2. The highest BCUT2D eigenvalue weighted by molar-refractivity contribution is 5.69. The summed E-state index contributed by atoms with van der Waals surface area (Å²) in [6, 6.07) is 5.97. The van der Waals surface area contributed by atoms with Crippen molar-refractivity contribution in [3.63, 3.8) is 0 Å². The first kappa shape index (κ1) is 12.5. The van der Waals surface area contributed by atoms with Gasteiger partial charge in [0.1, 0.15) is 0 Å². The SMILES string of the molecule is Cc1ccc(N2CCCC(NC(=O)O)C2)c(N)c1. The van der Waals surface area contributed by atoms with E-state index in [0.29, 0.717) is 6.54 Å². The van der Waals surface area contributed by atoms with Gasteiger partial charge >= 0.3 is 6.09 Å². The number of carboxylic acid groups (broad SMARTS) is 1. The van der Waals surface area contributed by atoms with Crippen LogP contribution in [0.15, 0.2) is 18.2 Å². The third kappa shape index (κ3) is 2.85. The second-order valence-electron chi connectivity index (χ2n) is 4.80. The minimum Gasteiger partial charge on any atom is -0.465 e. The number of carbonyl (C=O) groups is 1. The molecule has 98 valence electrons. The Balaban J connectivity index is 2.10. The Hall–Kier alpha value is -1.91. The van der Waals surface area contributed by atoms with Crippen LogP contribution in [0.4, 0.5) is 16.2 Å². The molecule has 1 aromatic carbocycles. The average molecular weight is 249 g/mol. The van der Waals surface area contributed by atoms with Crippen LogP contribution in [0.2, 0.25) is 0 Å². The fourth-order valence-corrected chi connectivity index (χ4v) is 2.45. The van der Waals surface area contributed by atoms with Gasteiger partial charge in [0.05, 0.1) is 11.4 Å². The number of piperidine rings is 1. The maximum atomic E-state index is 10.7. The van der Waals surface area contributed by atoms with Crippen molar-refractivity contribution in [2.75, 3.05) is 23.7 Å². The highest BCUT2D eigenvalue weighted by Gasteiger charge is 2.22. The van der Waals surface area contributed by atoms with Gasteiger partial charge in [0.25, 0.3) is 0 Å². The fourth-order valence-electron chi connectivity index (χ4n) is 2.45. The number of nitrogens with two attached hydrogens (primary N) is 1. The number of nitrogen functional groups attached to an aromatic ring is 1. The lowest BCUT2D eigenvalue weighted by molar-refractivity contribution is 0.188. The number of benzene rings is 1. The number of nitrogens with zero attached hydrogens (tertiary/aromatic N) is 1. The molecule has 1 aliphatic heterocycles. The van der Waals surface area contributed by atoms with Gasteiger partial charge in [-0.05, 0) is 37.5 Å². The number of aryl methyl sites for hydroxylation is 1. The molecule has 0 radical (unpaired) electrons. The van der Waals surface area contributed by atoms with E-state index in [4.69, 9.17) is 10.8 Å². The lowest BCUT2D eigenvalue weighted by Gasteiger charge is -2.35. The van der Waals surface area contributed by atoms with E-state index in [0.717, 1.165) is 36.3 Å². The molecule has 0 aliphatic carbocycles. The second kappa shape index (κ2) is 5.16.